The molecule has 7 nitrogen and oxygen atoms in total. The summed E-state index contributed by atoms with van der Waals surface area (Å²) in [5.41, 5.74) is 2.03. The van der Waals surface area contributed by atoms with Gasteiger partial charge in [0.15, 0.2) is 17.3 Å². The lowest BCUT2D eigenvalue weighted by Crippen LogP contribution is -2.52. The summed E-state index contributed by atoms with van der Waals surface area (Å²) >= 11 is 0. The van der Waals surface area contributed by atoms with Gasteiger partial charge in [-0.2, -0.15) is 0 Å². The van der Waals surface area contributed by atoms with Gasteiger partial charge in [0.2, 0.25) is 0 Å². The molecule has 0 atom stereocenters. The summed E-state index contributed by atoms with van der Waals surface area (Å²) in [7, 11) is 5.11. The SMILES string of the molecule is COc1ccc(C2(CCN(C)C(=O)OCc3ccccc3)CCC3(CC2)OCC(C)(C)CO3)cc1OC. The van der Waals surface area contributed by atoms with Crippen molar-refractivity contribution in [2.75, 3.05) is 41.0 Å². The summed E-state index contributed by atoms with van der Waals surface area (Å²) in [6.07, 6.45) is 3.85. The van der Waals surface area contributed by atoms with Crippen LogP contribution in [0.3, 0.4) is 0 Å². The molecule has 2 aromatic rings. The quantitative estimate of drug-likeness (QED) is 0.437. The standard InChI is InChI=1S/C30H41NO6/c1-28(2)21-36-30(37-22-28)15-13-29(14-16-30,24-11-12-25(33-4)26(19-24)34-5)17-18-31(3)27(32)35-20-23-9-7-6-8-10-23/h6-12,19H,13-18,20-22H2,1-5H3. The summed E-state index contributed by atoms with van der Waals surface area (Å²) in [5, 5.41) is 0. The zero-order valence-corrected chi connectivity index (χ0v) is 22.9. The van der Waals surface area contributed by atoms with E-state index in [2.05, 4.69) is 26.0 Å². The summed E-state index contributed by atoms with van der Waals surface area (Å²) in [5.74, 6) is 0.898. The molecule has 7 heteroatoms. The van der Waals surface area contributed by atoms with Gasteiger partial charge in [0, 0.05) is 31.8 Å². The second-order valence-corrected chi connectivity index (χ2v) is 11.2. The van der Waals surface area contributed by atoms with Crippen molar-refractivity contribution in [1.29, 1.82) is 0 Å². The number of rotatable bonds is 8. The Hall–Kier alpha value is -2.77. The Labute approximate surface area is 221 Å². The largest absolute Gasteiger partial charge is 0.493 e. The van der Waals surface area contributed by atoms with Crippen molar-refractivity contribution in [3.63, 3.8) is 0 Å². The molecule has 4 rings (SSSR count). The molecule has 2 aliphatic rings. The minimum absolute atomic E-state index is 0.0337. The number of carbonyl (C=O) groups excluding carboxylic acids is 1. The van der Waals surface area contributed by atoms with Crippen molar-refractivity contribution in [2.24, 2.45) is 5.41 Å². The molecule has 0 radical (unpaired) electrons. The van der Waals surface area contributed by atoms with E-state index in [0.29, 0.717) is 31.3 Å². The first kappa shape index (κ1) is 27.3. The van der Waals surface area contributed by atoms with Gasteiger partial charge in [0.05, 0.1) is 27.4 Å². The van der Waals surface area contributed by atoms with Crippen LogP contribution in [0.4, 0.5) is 4.79 Å². The second-order valence-electron chi connectivity index (χ2n) is 11.2. The van der Waals surface area contributed by atoms with Crippen LogP contribution in [0.5, 0.6) is 11.5 Å². The van der Waals surface area contributed by atoms with Gasteiger partial charge in [0.25, 0.3) is 0 Å². The third kappa shape index (κ3) is 6.39. The molecular formula is C30H41NO6. The Morgan fingerprint density at radius 2 is 1.57 bits per heavy atom. The molecular weight excluding hydrogens is 470 g/mol. The lowest BCUT2D eigenvalue weighted by atomic mass is 9.65. The first-order valence-electron chi connectivity index (χ1n) is 13.1. The van der Waals surface area contributed by atoms with Gasteiger partial charge in [-0.15, -0.1) is 0 Å². The van der Waals surface area contributed by atoms with Crippen molar-refractivity contribution in [2.45, 2.75) is 63.8 Å². The fraction of sp³-hybridized carbons (Fsp3) is 0.567. The van der Waals surface area contributed by atoms with Crippen LogP contribution in [-0.2, 0) is 26.2 Å². The summed E-state index contributed by atoms with van der Waals surface area (Å²) < 4.78 is 29.3. The van der Waals surface area contributed by atoms with Crippen molar-refractivity contribution >= 4 is 6.09 Å². The van der Waals surface area contributed by atoms with Crippen LogP contribution in [0.25, 0.3) is 0 Å². The van der Waals surface area contributed by atoms with Crippen molar-refractivity contribution < 1.29 is 28.5 Å². The van der Waals surface area contributed by atoms with E-state index in [1.54, 1.807) is 26.2 Å². The van der Waals surface area contributed by atoms with E-state index in [0.717, 1.165) is 37.7 Å². The van der Waals surface area contributed by atoms with Crippen LogP contribution in [0.2, 0.25) is 0 Å². The molecule has 2 fully saturated rings. The number of ether oxygens (including phenoxy) is 5. The molecule has 2 aromatic carbocycles. The number of amides is 1. The Morgan fingerprint density at radius 3 is 2.19 bits per heavy atom. The molecule has 1 saturated carbocycles. The lowest BCUT2D eigenvalue weighted by molar-refractivity contribution is -0.313. The molecule has 0 aromatic heterocycles. The third-order valence-electron chi connectivity index (χ3n) is 7.86. The van der Waals surface area contributed by atoms with Gasteiger partial charge in [-0.25, -0.2) is 4.79 Å². The molecule has 1 heterocycles. The maximum absolute atomic E-state index is 12.7. The minimum atomic E-state index is -0.518. The van der Waals surface area contributed by atoms with E-state index in [-0.39, 0.29) is 23.5 Å². The lowest BCUT2D eigenvalue weighted by Gasteiger charge is -2.50. The number of benzene rings is 2. The predicted molar refractivity (Wildman–Crippen MR) is 142 cm³/mol. The summed E-state index contributed by atoms with van der Waals surface area (Å²) in [6, 6.07) is 15.9. The van der Waals surface area contributed by atoms with Crippen LogP contribution in [-0.4, -0.2) is 57.8 Å². The van der Waals surface area contributed by atoms with Gasteiger partial charge in [-0.3, -0.25) is 0 Å². The minimum Gasteiger partial charge on any atom is -0.493 e. The van der Waals surface area contributed by atoms with Crippen LogP contribution < -0.4 is 9.47 Å². The van der Waals surface area contributed by atoms with E-state index in [4.69, 9.17) is 23.7 Å². The van der Waals surface area contributed by atoms with Crippen LogP contribution >= 0.6 is 0 Å². The first-order chi connectivity index (χ1) is 17.7. The molecule has 1 saturated heterocycles. The Balaban J connectivity index is 1.47. The summed E-state index contributed by atoms with van der Waals surface area (Å²) in [6.45, 7) is 6.58. The first-order valence-corrected chi connectivity index (χ1v) is 13.1. The van der Waals surface area contributed by atoms with Crippen molar-refractivity contribution in [3.8, 4) is 11.5 Å². The topological polar surface area (TPSA) is 66.5 Å². The highest BCUT2D eigenvalue weighted by Gasteiger charge is 2.48. The highest BCUT2D eigenvalue weighted by atomic mass is 16.7. The number of hydrogen-bond donors (Lipinski definition) is 0. The Kier molecular flexibility index (Phi) is 8.34. The van der Waals surface area contributed by atoms with Gasteiger partial charge < -0.3 is 28.6 Å². The molecule has 1 amide bonds. The smallest absolute Gasteiger partial charge is 0.409 e. The maximum Gasteiger partial charge on any atom is 0.409 e. The van der Waals surface area contributed by atoms with Gasteiger partial charge >= 0.3 is 6.09 Å². The van der Waals surface area contributed by atoms with Crippen LogP contribution in [0.1, 0.15) is 57.1 Å². The average Bonchev–Trinajstić information content (AvgIpc) is 2.93. The Bertz CT molecular complexity index is 1030. The molecule has 1 spiro atoms. The van der Waals surface area contributed by atoms with E-state index >= 15 is 0 Å². The number of carbonyl (C=O) groups is 1. The number of hydrogen-bond acceptors (Lipinski definition) is 6. The molecule has 0 unspecified atom stereocenters. The van der Waals surface area contributed by atoms with E-state index in [9.17, 15) is 4.79 Å². The van der Waals surface area contributed by atoms with Crippen LogP contribution in [0.15, 0.2) is 48.5 Å². The molecule has 202 valence electrons. The van der Waals surface area contributed by atoms with Crippen LogP contribution in [0, 0.1) is 5.41 Å². The Morgan fingerprint density at radius 1 is 0.919 bits per heavy atom. The van der Waals surface area contributed by atoms with E-state index in [1.165, 1.54) is 5.56 Å². The van der Waals surface area contributed by atoms with Gasteiger partial charge in [0.1, 0.15) is 6.61 Å². The van der Waals surface area contributed by atoms with E-state index < -0.39 is 5.79 Å². The third-order valence-corrected chi connectivity index (χ3v) is 7.86. The fourth-order valence-corrected chi connectivity index (χ4v) is 5.29. The van der Waals surface area contributed by atoms with Gasteiger partial charge in [-0.05, 0) is 47.9 Å². The summed E-state index contributed by atoms with van der Waals surface area (Å²) in [4.78, 5) is 14.4. The fourth-order valence-electron chi connectivity index (χ4n) is 5.29. The second kappa shape index (κ2) is 11.3. The zero-order valence-electron chi connectivity index (χ0n) is 22.9. The predicted octanol–water partition coefficient (Wildman–Crippen LogP) is 5.94. The average molecular weight is 512 g/mol. The van der Waals surface area contributed by atoms with Crippen molar-refractivity contribution in [1.82, 2.24) is 4.90 Å². The van der Waals surface area contributed by atoms with E-state index in [1.807, 2.05) is 36.4 Å². The number of methoxy groups -OCH3 is 2. The monoisotopic (exact) mass is 511 g/mol. The maximum atomic E-state index is 12.7. The molecule has 1 aliphatic carbocycles. The van der Waals surface area contributed by atoms with Gasteiger partial charge in [-0.1, -0.05) is 50.2 Å². The normalized spacial score (nSPS) is 19.7. The zero-order chi connectivity index (χ0) is 26.5. The highest BCUT2D eigenvalue weighted by Crippen LogP contribution is 2.50. The molecule has 37 heavy (non-hydrogen) atoms. The van der Waals surface area contributed by atoms with Crippen molar-refractivity contribution in [3.05, 3.63) is 59.7 Å². The molecule has 1 aliphatic heterocycles. The number of nitrogens with zero attached hydrogens (tertiary/aromatic N) is 1. The molecule has 0 bridgehead atoms. The highest BCUT2D eigenvalue weighted by molar-refractivity contribution is 5.67. The molecule has 0 N–H and O–H groups in total.